The van der Waals surface area contributed by atoms with Crippen LogP contribution < -0.4 is 0 Å². The lowest BCUT2D eigenvalue weighted by atomic mass is 9.70. The Morgan fingerprint density at radius 1 is 1.00 bits per heavy atom. The first-order chi connectivity index (χ1) is 20.0. The fraction of sp³-hybridized carbons (Fsp3) is 0.667. The number of carbonyl (C=O) groups is 3. The quantitative estimate of drug-likeness (QED) is 0.221. The summed E-state index contributed by atoms with van der Waals surface area (Å²) in [6, 6.07) is 2.41. The minimum Gasteiger partial charge on any atom is -0.300 e. The number of allylic oxidation sites excluding steroid dienone is 4. The molecule has 1 aromatic carbocycles. The van der Waals surface area contributed by atoms with Crippen molar-refractivity contribution in [2.45, 2.75) is 138 Å². The van der Waals surface area contributed by atoms with Crippen LogP contribution in [-0.4, -0.2) is 17.3 Å². The van der Waals surface area contributed by atoms with Gasteiger partial charge in [-0.25, -0.2) is 0 Å². The fourth-order valence-corrected chi connectivity index (χ4v) is 8.49. The van der Waals surface area contributed by atoms with Crippen molar-refractivity contribution in [3.63, 3.8) is 0 Å². The lowest BCUT2D eigenvalue weighted by Crippen LogP contribution is -2.30. The Morgan fingerprint density at radius 3 is 2.33 bits per heavy atom. The van der Waals surface area contributed by atoms with E-state index in [4.69, 9.17) is 0 Å². The Balaban J connectivity index is 1.54. The van der Waals surface area contributed by atoms with Crippen LogP contribution in [0.3, 0.4) is 0 Å². The number of benzene rings is 1. The molecule has 0 saturated heterocycles. The predicted octanol–water partition coefficient (Wildman–Crippen LogP) is 10.2. The molecule has 3 nitrogen and oxygen atoms in total. The van der Waals surface area contributed by atoms with Crippen molar-refractivity contribution in [3.05, 3.63) is 51.6 Å². The second-order valence-corrected chi connectivity index (χ2v) is 14.5. The van der Waals surface area contributed by atoms with Crippen LogP contribution in [0.2, 0.25) is 0 Å². The van der Waals surface area contributed by atoms with E-state index in [1.165, 1.54) is 66.9 Å². The average Bonchev–Trinajstić information content (AvgIpc) is 3.38. The van der Waals surface area contributed by atoms with Crippen LogP contribution in [0.1, 0.15) is 157 Å². The van der Waals surface area contributed by atoms with Gasteiger partial charge in [0.05, 0.1) is 6.42 Å². The molecule has 3 heteroatoms. The minimum atomic E-state index is -0.0907. The molecule has 0 bridgehead atoms. The fourth-order valence-electron chi connectivity index (χ4n) is 8.49. The SMILES string of the molecule is CCCC(CC1CC(=O)c2c(C)c(C3=CC=C(CC4CCC(C)CC4)C3)cc(C(C)C)c2C1)C(CC)C(=O)CC(C)=O. The molecule has 1 saturated carbocycles. The molecular formula is C39H56O3. The topological polar surface area (TPSA) is 51.2 Å². The van der Waals surface area contributed by atoms with Gasteiger partial charge in [-0.15, -0.1) is 0 Å². The molecule has 1 fully saturated rings. The van der Waals surface area contributed by atoms with E-state index in [9.17, 15) is 14.4 Å². The molecule has 4 rings (SSSR count). The van der Waals surface area contributed by atoms with E-state index in [2.05, 4.69) is 59.8 Å². The summed E-state index contributed by atoms with van der Waals surface area (Å²) in [4.78, 5) is 38.7. The molecule has 42 heavy (non-hydrogen) atoms. The molecule has 0 amide bonds. The maximum absolute atomic E-state index is 13.9. The average molecular weight is 573 g/mol. The highest BCUT2D eigenvalue weighted by Gasteiger charge is 2.35. The number of Topliss-reactive ketones (excluding diaryl/α,β-unsaturated/α-hetero) is 3. The third-order valence-corrected chi connectivity index (χ3v) is 10.7. The summed E-state index contributed by atoms with van der Waals surface area (Å²) in [5, 5.41) is 0. The molecule has 3 atom stereocenters. The molecule has 0 radical (unpaired) electrons. The van der Waals surface area contributed by atoms with E-state index in [1.54, 1.807) is 5.57 Å². The van der Waals surface area contributed by atoms with E-state index in [-0.39, 0.29) is 41.5 Å². The Bertz CT molecular complexity index is 1220. The van der Waals surface area contributed by atoms with E-state index in [0.717, 1.165) is 55.9 Å². The Labute approximate surface area is 256 Å². The van der Waals surface area contributed by atoms with Crippen molar-refractivity contribution in [2.75, 3.05) is 0 Å². The first-order valence-electron chi connectivity index (χ1n) is 17.1. The predicted molar refractivity (Wildman–Crippen MR) is 175 cm³/mol. The lowest BCUT2D eigenvalue weighted by Gasteiger charge is -2.33. The first-order valence-corrected chi connectivity index (χ1v) is 17.1. The van der Waals surface area contributed by atoms with Crippen LogP contribution >= 0.6 is 0 Å². The lowest BCUT2D eigenvalue weighted by molar-refractivity contribution is -0.129. The van der Waals surface area contributed by atoms with Crippen molar-refractivity contribution in [2.24, 2.45) is 29.6 Å². The van der Waals surface area contributed by atoms with Gasteiger partial charge in [-0.2, -0.15) is 0 Å². The third kappa shape index (κ3) is 7.61. The van der Waals surface area contributed by atoms with Gasteiger partial charge in [-0.1, -0.05) is 84.1 Å². The maximum Gasteiger partial charge on any atom is 0.163 e. The van der Waals surface area contributed by atoms with E-state index >= 15 is 0 Å². The molecule has 0 N–H and O–H groups in total. The molecule has 0 aromatic heterocycles. The van der Waals surface area contributed by atoms with Crippen molar-refractivity contribution in [3.8, 4) is 0 Å². The molecular weight excluding hydrogens is 516 g/mol. The number of hydrogen-bond acceptors (Lipinski definition) is 3. The smallest absolute Gasteiger partial charge is 0.163 e. The minimum absolute atomic E-state index is 0.0386. The molecule has 0 aliphatic heterocycles. The summed E-state index contributed by atoms with van der Waals surface area (Å²) >= 11 is 0. The zero-order valence-corrected chi connectivity index (χ0v) is 27.6. The van der Waals surface area contributed by atoms with Crippen molar-refractivity contribution in [1.29, 1.82) is 0 Å². The molecule has 1 aromatic rings. The summed E-state index contributed by atoms with van der Waals surface area (Å²) < 4.78 is 0. The summed E-state index contributed by atoms with van der Waals surface area (Å²) in [6.07, 6.45) is 17.5. The van der Waals surface area contributed by atoms with Gasteiger partial charge < -0.3 is 0 Å². The van der Waals surface area contributed by atoms with Crippen LogP contribution in [0.5, 0.6) is 0 Å². The largest absolute Gasteiger partial charge is 0.300 e. The number of ketones is 3. The van der Waals surface area contributed by atoms with Crippen LogP contribution in [0, 0.1) is 36.5 Å². The van der Waals surface area contributed by atoms with Crippen LogP contribution in [0.4, 0.5) is 0 Å². The zero-order valence-electron chi connectivity index (χ0n) is 27.6. The monoisotopic (exact) mass is 572 g/mol. The van der Waals surface area contributed by atoms with Crippen LogP contribution in [-0.2, 0) is 16.0 Å². The highest BCUT2D eigenvalue weighted by atomic mass is 16.1. The number of fused-ring (bicyclic) bond motifs is 1. The van der Waals surface area contributed by atoms with Gasteiger partial charge in [-0.3, -0.25) is 14.4 Å². The summed E-state index contributed by atoms with van der Waals surface area (Å²) in [7, 11) is 0. The summed E-state index contributed by atoms with van der Waals surface area (Å²) in [5.41, 5.74) is 8.95. The van der Waals surface area contributed by atoms with Gasteiger partial charge in [0.1, 0.15) is 11.6 Å². The van der Waals surface area contributed by atoms with Crippen molar-refractivity contribution < 1.29 is 14.4 Å². The molecule has 3 aliphatic carbocycles. The number of rotatable bonds is 13. The standard InChI is InChI=1S/C39H56O3/c1-8-10-31(33(9-2)37(41)17-26(6)40)20-30-21-36-34(24(3)4)23-35(27(7)39(36)38(42)22-30)32-16-15-29(19-32)18-28-13-11-25(5)12-14-28/h15-16,23-25,28,30-31,33H,8-14,17-22H2,1-7H3. The molecule has 0 spiro atoms. The maximum atomic E-state index is 13.9. The van der Waals surface area contributed by atoms with E-state index < -0.39 is 0 Å². The molecule has 230 valence electrons. The Hall–Kier alpha value is -2.29. The Morgan fingerprint density at radius 2 is 1.71 bits per heavy atom. The van der Waals surface area contributed by atoms with Gasteiger partial charge in [0.2, 0.25) is 0 Å². The molecule has 3 unspecified atom stereocenters. The van der Waals surface area contributed by atoms with Gasteiger partial charge in [0, 0.05) is 17.9 Å². The van der Waals surface area contributed by atoms with Crippen molar-refractivity contribution >= 4 is 22.9 Å². The first kappa shape index (κ1) is 32.6. The van der Waals surface area contributed by atoms with Gasteiger partial charge in [0.15, 0.2) is 5.78 Å². The van der Waals surface area contributed by atoms with Gasteiger partial charge in [0.25, 0.3) is 0 Å². The third-order valence-electron chi connectivity index (χ3n) is 10.7. The van der Waals surface area contributed by atoms with Crippen molar-refractivity contribution in [1.82, 2.24) is 0 Å². The van der Waals surface area contributed by atoms with Crippen LogP contribution in [0.25, 0.3) is 5.57 Å². The number of carbonyl (C=O) groups excluding carboxylic acids is 3. The Kier molecular flexibility index (Phi) is 11.2. The zero-order chi connectivity index (χ0) is 30.6. The van der Waals surface area contributed by atoms with Crippen LogP contribution in [0.15, 0.2) is 23.8 Å². The highest BCUT2D eigenvalue weighted by Crippen LogP contribution is 2.43. The molecule has 0 heterocycles. The number of hydrogen-bond donors (Lipinski definition) is 0. The highest BCUT2D eigenvalue weighted by molar-refractivity contribution is 6.02. The summed E-state index contributed by atoms with van der Waals surface area (Å²) in [6.45, 7) is 14.8. The molecule has 3 aliphatic rings. The van der Waals surface area contributed by atoms with E-state index in [0.29, 0.717) is 12.3 Å². The second kappa shape index (κ2) is 14.5. The normalized spacial score (nSPS) is 23.8. The second-order valence-electron chi connectivity index (χ2n) is 14.5. The van der Waals surface area contributed by atoms with Gasteiger partial charge in [-0.05, 0) is 116 Å². The van der Waals surface area contributed by atoms with Gasteiger partial charge >= 0.3 is 0 Å². The van der Waals surface area contributed by atoms with E-state index in [1.807, 2.05) is 0 Å². The summed E-state index contributed by atoms with van der Waals surface area (Å²) in [5.74, 6) is 2.77.